The molecule has 2 aromatic heterocycles. The van der Waals surface area contributed by atoms with Gasteiger partial charge >= 0.3 is 5.97 Å². The second-order valence-corrected chi connectivity index (χ2v) is 9.73. The quantitative estimate of drug-likeness (QED) is 0.366. The zero-order valence-corrected chi connectivity index (χ0v) is 19.3. The van der Waals surface area contributed by atoms with Crippen LogP contribution in [0.1, 0.15) is 37.0 Å². The van der Waals surface area contributed by atoms with Gasteiger partial charge in [-0.25, -0.2) is 4.79 Å². The van der Waals surface area contributed by atoms with Gasteiger partial charge in [0.05, 0.1) is 21.1 Å². The topological polar surface area (TPSA) is 84.3 Å². The van der Waals surface area contributed by atoms with Crippen LogP contribution in [0.4, 0.5) is 0 Å². The Hall–Kier alpha value is -2.96. The molecule has 0 saturated carbocycles. The van der Waals surface area contributed by atoms with Crippen LogP contribution >= 0.6 is 23.2 Å². The van der Waals surface area contributed by atoms with Gasteiger partial charge in [0.2, 0.25) is 0 Å². The molecule has 0 bridgehead atoms. The minimum Gasteiger partial charge on any atom is -0.484 e. The van der Waals surface area contributed by atoms with E-state index in [2.05, 4.69) is 4.98 Å². The number of nitrogens with one attached hydrogen (secondary N) is 1. The highest BCUT2D eigenvalue weighted by atomic mass is 35.5. The number of halogens is 2. The Morgan fingerprint density at radius 3 is 2.38 bits per heavy atom. The lowest BCUT2D eigenvalue weighted by Gasteiger charge is -2.24. The lowest BCUT2D eigenvalue weighted by molar-refractivity contribution is 0.0674. The van der Waals surface area contributed by atoms with Gasteiger partial charge < -0.3 is 14.8 Å². The molecular formula is C24H22Cl2N2O4. The van der Waals surface area contributed by atoms with Gasteiger partial charge in [0.15, 0.2) is 11.4 Å². The normalized spacial score (nSPS) is 11.9. The number of pyridine rings is 1. The lowest BCUT2D eigenvalue weighted by Crippen LogP contribution is -2.32. The van der Waals surface area contributed by atoms with Crippen molar-refractivity contribution in [3.05, 3.63) is 74.3 Å². The Bertz CT molecular complexity index is 1380. The number of aromatic nitrogens is 2. The number of carbonyl (C=O) groups is 1. The van der Waals surface area contributed by atoms with Crippen LogP contribution in [-0.2, 0) is 13.2 Å². The number of benzene rings is 2. The summed E-state index contributed by atoms with van der Waals surface area (Å²) in [4.78, 5) is 28.9. The fourth-order valence-electron chi connectivity index (χ4n) is 3.75. The third kappa shape index (κ3) is 4.20. The molecule has 6 nitrogen and oxygen atoms in total. The number of H-pyrrole nitrogens is 1. The highest BCUT2D eigenvalue weighted by Gasteiger charge is 2.27. The Morgan fingerprint density at radius 2 is 1.75 bits per heavy atom. The van der Waals surface area contributed by atoms with Crippen molar-refractivity contribution in [3.8, 4) is 5.75 Å². The van der Waals surface area contributed by atoms with Crippen molar-refractivity contribution < 1.29 is 14.6 Å². The van der Waals surface area contributed by atoms with Crippen LogP contribution in [0, 0.1) is 5.41 Å². The molecule has 32 heavy (non-hydrogen) atoms. The number of aromatic carboxylic acids is 1. The van der Waals surface area contributed by atoms with Crippen molar-refractivity contribution in [3.63, 3.8) is 0 Å². The van der Waals surface area contributed by atoms with Gasteiger partial charge in [-0.2, -0.15) is 0 Å². The summed E-state index contributed by atoms with van der Waals surface area (Å²) in [5.41, 5.74) is 0.689. The van der Waals surface area contributed by atoms with Crippen LogP contribution in [0.5, 0.6) is 5.75 Å². The molecule has 0 aliphatic rings. The summed E-state index contributed by atoms with van der Waals surface area (Å²) in [6.07, 6.45) is 0. The maximum atomic E-state index is 13.3. The second kappa shape index (κ2) is 8.19. The molecule has 2 N–H and O–H groups in total. The molecule has 4 rings (SSSR count). The summed E-state index contributed by atoms with van der Waals surface area (Å²) in [5, 5.41) is 12.0. The van der Waals surface area contributed by atoms with E-state index in [1.807, 2.05) is 51.1 Å². The van der Waals surface area contributed by atoms with Gasteiger partial charge in [0.1, 0.15) is 6.61 Å². The first-order chi connectivity index (χ1) is 15.0. The molecule has 0 radical (unpaired) electrons. The summed E-state index contributed by atoms with van der Waals surface area (Å²) < 4.78 is 7.30. The first kappa shape index (κ1) is 22.2. The number of hydrogen-bond donors (Lipinski definition) is 2. The number of aromatic amines is 1. The predicted molar refractivity (Wildman–Crippen MR) is 127 cm³/mol. The van der Waals surface area contributed by atoms with Crippen LogP contribution < -0.4 is 10.3 Å². The molecule has 0 atom stereocenters. The van der Waals surface area contributed by atoms with Crippen molar-refractivity contribution in [1.82, 2.24) is 9.55 Å². The van der Waals surface area contributed by atoms with Crippen LogP contribution in [0.15, 0.2) is 47.3 Å². The number of carboxylic acid groups (broad SMARTS) is 1. The summed E-state index contributed by atoms with van der Waals surface area (Å²) in [6, 6.07) is 12.7. The molecule has 0 spiro atoms. The number of hydrogen-bond acceptors (Lipinski definition) is 3. The highest BCUT2D eigenvalue weighted by molar-refractivity contribution is 6.42. The molecule has 2 heterocycles. The van der Waals surface area contributed by atoms with Gasteiger partial charge in [-0.15, -0.1) is 0 Å². The van der Waals surface area contributed by atoms with E-state index in [4.69, 9.17) is 27.9 Å². The largest absolute Gasteiger partial charge is 0.484 e. The number of para-hydroxylation sites is 1. The standard InChI is InChI=1S/C24H22Cl2N2O4/c1-24(2,3)12-28-20(23(30)31)21(15-9-17(25)18(26)10-16(15)22(28)29)32-11-14-8-13-6-4-5-7-19(13)27-14/h4-10,27H,11-12H2,1-3H3,(H,30,31). The van der Waals surface area contributed by atoms with Gasteiger partial charge in [0, 0.05) is 17.4 Å². The Balaban J connectivity index is 1.92. The van der Waals surface area contributed by atoms with Crippen LogP contribution in [0.2, 0.25) is 10.0 Å². The lowest BCUT2D eigenvalue weighted by atomic mass is 9.96. The highest BCUT2D eigenvalue weighted by Crippen LogP contribution is 2.35. The molecule has 8 heteroatoms. The summed E-state index contributed by atoms with van der Waals surface area (Å²) in [5.74, 6) is -1.18. The van der Waals surface area contributed by atoms with E-state index >= 15 is 0 Å². The molecule has 0 unspecified atom stereocenters. The summed E-state index contributed by atoms with van der Waals surface area (Å²) in [6.45, 7) is 6.05. The predicted octanol–water partition coefficient (Wildman–Crippen LogP) is 6.11. The van der Waals surface area contributed by atoms with Gasteiger partial charge in [0.25, 0.3) is 5.56 Å². The number of ether oxygens (including phenoxy) is 1. The third-order valence-electron chi connectivity index (χ3n) is 5.06. The SMILES string of the molecule is CC(C)(C)Cn1c(C(=O)O)c(OCc2cc3ccccc3[nH]2)c2cc(Cl)c(Cl)cc2c1=O. The maximum Gasteiger partial charge on any atom is 0.356 e. The maximum absolute atomic E-state index is 13.3. The summed E-state index contributed by atoms with van der Waals surface area (Å²) in [7, 11) is 0. The van der Waals surface area contributed by atoms with E-state index < -0.39 is 11.5 Å². The minimum absolute atomic E-state index is 0.0774. The second-order valence-electron chi connectivity index (χ2n) is 8.92. The van der Waals surface area contributed by atoms with Crippen molar-refractivity contribution in [2.24, 2.45) is 5.41 Å². The van der Waals surface area contributed by atoms with Crippen LogP contribution in [0.25, 0.3) is 21.7 Å². The first-order valence-electron chi connectivity index (χ1n) is 10.0. The number of rotatable bonds is 5. The zero-order chi connectivity index (χ0) is 23.2. The molecule has 0 aliphatic heterocycles. The van der Waals surface area contributed by atoms with E-state index in [9.17, 15) is 14.7 Å². The molecule has 0 aliphatic carbocycles. The molecule has 0 saturated heterocycles. The number of carboxylic acids is 1. The fraction of sp³-hybridized carbons (Fsp3) is 0.250. The van der Waals surface area contributed by atoms with E-state index in [-0.39, 0.29) is 45.4 Å². The van der Waals surface area contributed by atoms with Gasteiger partial charge in [-0.1, -0.05) is 62.2 Å². The number of fused-ring (bicyclic) bond motifs is 2. The fourth-order valence-corrected chi connectivity index (χ4v) is 4.08. The summed E-state index contributed by atoms with van der Waals surface area (Å²) >= 11 is 12.4. The van der Waals surface area contributed by atoms with Crippen LogP contribution in [0.3, 0.4) is 0 Å². The third-order valence-corrected chi connectivity index (χ3v) is 5.78. The molecule has 0 fully saturated rings. The van der Waals surface area contributed by atoms with Crippen molar-refractivity contribution in [2.75, 3.05) is 0 Å². The molecule has 166 valence electrons. The Kier molecular flexibility index (Phi) is 5.69. The van der Waals surface area contributed by atoms with Crippen molar-refractivity contribution >= 4 is 50.8 Å². The Morgan fingerprint density at radius 1 is 1.09 bits per heavy atom. The Labute approximate surface area is 194 Å². The molecule has 2 aromatic carbocycles. The van der Waals surface area contributed by atoms with E-state index in [0.717, 1.165) is 16.6 Å². The monoisotopic (exact) mass is 472 g/mol. The minimum atomic E-state index is -1.26. The average Bonchev–Trinajstić information content (AvgIpc) is 3.12. The van der Waals surface area contributed by atoms with E-state index in [1.54, 1.807) is 0 Å². The van der Waals surface area contributed by atoms with Gasteiger partial charge in [-0.05, 0) is 35.1 Å². The molecule has 4 aromatic rings. The van der Waals surface area contributed by atoms with E-state index in [0.29, 0.717) is 5.39 Å². The molecule has 0 amide bonds. The first-order valence-corrected chi connectivity index (χ1v) is 10.8. The van der Waals surface area contributed by atoms with Crippen molar-refractivity contribution in [2.45, 2.75) is 33.9 Å². The van der Waals surface area contributed by atoms with Gasteiger partial charge in [-0.3, -0.25) is 9.36 Å². The molecular weight excluding hydrogens is 451 g/mol. The zero-order valence-electron chi connectivity index (χ0n) is 17.8. The van der Waals surface area contributed by atoms with Crippen LogP contribution in [-0.4, -0.2) is 20.6 Å². The average molecular weight is 473 g/mol. The smallest absolute Gasteiger partial charge is 0.356 e. The van der Waals surface area contributed by atoms with Crippen molar-refractivity contribution in [1.29, 1.82) is 0 Å². The van der Waals surface area contributed by atoms with E-state index in [1.165, 1.54) is 16.7 Å². The number of nitrogens with zero attached hydrogens (tertiary/aromatic N) is 1.